The molecular formula is C13H17N3O2S. The first-order valence-electron chi connectivity index (χ1n) is 6.14. The van der Waals surface area contributed by atoms with Crippen molar-refractivity contribution in [1.82, 2.24) is 9.21 Å². The zero-order valence-electron chi connectivity index (χ0n) is 10.9. The Morgan fingerprint density at radius 2 is 2.00 bits per heavy atom. The SMILES string of the molecule is CN1CCN(S(=O)(=O)CC#N)C(c2ccccc2)C1. The van der Waals surface area contributed by atoms with Crippen molar-refractivity contribution < 1.29 is 8.42 Å². The molecule has 0 aliphatic carbocycles. The number of nitrogens with zero attached hydrogens (tertiary/aromatic N) is 3. The van der Waals surface area contributed by atoms with Gasteiger partial charge in [-0.05, 0) is 12.6 Å². The molecule has 1 atom stereocenters. The Kier molecular flexibility index (Phi) is 4.20. The Morgan fingerprint density at radius 1 is 1.32 bits per heavy atom. The van der Waals surface area contributed by atoms with E-state index in [2.05, 4.69) is 4.90 Å². The smallest absolute Gasteiger partial charge is 0.228 e. The second-order valence-corrected chi connectivity index (χ2v) is 6.64. The number of likely N-dealkylation sites (N-methyl/N-ethyl adjacent to an activating group) is 1. The predicted molar refractivity (Wildman–Crippen MR) is 72.8 cm³/mol. The first kappa shape index (κ1) is 14.0. The van der Waals surface area contributed by atoms with Crippen LogP contribution >= 0.6 is 0 Å². The van der Waals surface area contributed by atoms with Gasteiger partial charge in [-0.2, -0.15) is 9.57 Å². The number of piperazine rings is 1. The summed E-state index contributed by atoms with van der Waals surface area (Å²) in [5.74, 6) is -0.458. The maximum Gasteiger partial charge on any atom is 0.228 e. The third-order valence-corrected chi connectivity index (χ3v) is 4.97. The fourth-order valence-electron chi connectivity index (χ4n) is 2.35. The lowest BCUT2D eigenvalue weighted by Gasteiger charge is -2.38. The van der Waals surface area contributed by atoms with E-state index in [1.807, 2.05) is 37.4 Å². The third kappa shape index (κ3) is 3.13. The molecule has 2 rings (SSSR count). The molecule has 1 saturated heterocycles. The highest BCUT2D eigenvalue weighted by Gasteiger charge is 2.34. The lowest BCUT2D eigenvalue weighted by Crippen LogP contribution is -2.49. The normalized spacial score (nSPS) is 22.0. The Balaban J connectivity index is 2.33. The van der Waals surface area contributed by atoms with Gasteiger partial charge in [-0.1, -0.05) is 30.3 Å². The Labute approximate surface area is 114 Å². The topological polar surface area (TPSA) is 64.4 Å². The van der Waals surface area contributed by atoms with Crippen LogP contribution in [0.3, 0.4) is 0 Å². The molecule has 0 N–H and O–H groups in total. The van der Waals surface area contributed by atoms with Gasteiger partial charge in [0.15, 0.2) is 5.75 Å². The van der Waals surface area contributed by atoms with E-state index in [9.17, 15) is 8.42 Å². The van der Waals surface area contributed by atoms with Crippen molar-refractivity contribution >= 4 is 10.0 Å². The van der Waals surface area contributed by atoms with Crippen molar-refractivity contribution in [2.24, 2.45) is 0 Å². The lowest BCUT2D eigenvalue weighted by atomic mass is 10.1. The molecule has 1 aliphatic rings. The van der Waals surface area contributed by atoms with Crippen LogP contribution in [0.4, 0.5) is 0 Å². The summed E-state index contributed by atoms with van der Waals surface area (Å²) in [7, 11) is -1.53. The first-order valence-corrected chi connectivity index (χ1v) is 7.75. The average molecular weight is 279 g/mol. The minimum absolute atomic E-state index is 0.210. The minimum Gasteiger partial charge on any atom is -0.303 e. The molecule has 1 aromatic carbocycles. The summed E-state index contributed by atoms with van der Waals surface area (Å²) >= 11 is 0. The summed E-state index contributed by atoms with van der Waals surface area (Å²) in [6, 6.07) is 11.1. The van der Waals surface area contributed by atoms with Crippen molar-refractivity contribution in [2.45, 2.75) is 6.04 Å². The van der Waals surface area contributed by atoms with E-state index in [1.54, 1.807) is 6.07 Å². The highest BCUT2D eigenvalue weighted by Crippen LogP contribution is 2.27. The summed E-state index contributed by atoms with van der Waals surface area (Å²) in [6.07, 6.45) is 0. The van der Waals surface area contributed by atoms with Gasteiger partial charge in [0.1, 0.15) is 0 Å². The molecule has 5 nitrogen and oxygen atoms in total. The van der Waals surface area contributed by atoms with Gasteiger partial charge in [0.05, 0.1) is 12.1 Å². The largest absolute Gasteiger partial charge is 0.303 e. The van der Waals surface area contributed by atoms with E-state index >= 15 is 0 Å². The van der Waals surface area contributed by atoms with Crippen LogP contribution in [-0.4, -0.2) is 50.1 Å². The quantitative estimate of drug-likeness (QED) is 0.822. The van der Waals surface area contributed by atoms with Crippen molar-refractivity contribution in [1.29, 1.82) is 5.26 Å². The fourth-order valence-corrected chi connectivity index (χ4v) is 3.61. The Morgan fingerprint density at radius 3 is 2.63 bits per heavy atom. The number of hydrogen-bond donors (Lipinski definition) is 0. The van der Waals surface area contributed by atoms with E-state index in [0.717, 1.165) is 5.56 Å². The Bertz CT molecular complexity index is 565. The van der Waals surface area contributed by atoms with Crippen LogP contribution in [0, 0.1) is 11.3 Å². The van der Waals surface area contributed by atoms with E-state index in [1.165, 1.54) is 4.31 Å². The van der Waals surface area contributed by atoms with Crippen LogP contribution in [0.2, 0.25) is 0 Å². The number of nitriles is 1. The summed E-state index contributed by atoms with van der Waals surface area (Å²) < 4.78 is 25.8. The number of benzene rings is 1. The molecule has 1 aliphatic heterocycles. The number of sulfonamides is 1. The molecule has 1 unspecified atom stereocenters. The van der Waals surface area contributed by atoms with Crippen LogP contribution in [0.1, 0.15) is 11.6 Å². The maximum atomic E-state index is 12.2. The van der Waals surface area contributed by atoms with Crippen molar-refractivity contribution in [3.63, 3.8) is 0 Å². The lowest BCUT2D eigenvalue weighted by molar-refractivity contribution is 0.161. The summed E-state index contributed by atoms with van der Waals surface area (Å²) in [5, 5.41) is 8.68. The van der Waals surface area contributed by atoms with E-state index < -0.39 is 15.8 Å². The molecule has 102 valence electrons. The monoisotopic (exact) mass is 279 g/mol. The fraction of sp³-hybridized carbons (Fsp3) is 0.462. The van der Waals surface area contributed by atoms with Gasteiger partial charge >= 0.3 is 0 Å². The van der Waals surface area contributed by atoms with Crippen LogP contribution in [0.5, 0.6) is 0 Å². The molecule has 0 saturated carbocycles. The van der Waals surface area contributed by atoms with Crippen LogP contribution < -0.4 is 0 Å². The van der Waals surface area contributed by atoms with Crippen LogP contribution in [-0.2, 0) is 10.0 Å². The first-order chi connectivity index (χ1) is 9.04. The molecule has 0 spiro atoms. The highest BCUT2D eigenvalue weighted by atomic mass is 32.2. The molecule has 1 fully saturated rings. The molecule has 0 radical (unpaired) electrons. The van der Waals surface area contributed by atoms with Gasteiger partial charge < -0.3 is 4.90 Å². The molecule has 1 heterocycles. The van der Waals surface area contributed by atoms with Gasteiger partial charge in [-0.15, -0.1) is 0 Å². The summed E-state index contributed by atoms with van der Waals surface area (Å²) in [5.41, 5.74) is 0.968. The molecule has 1 aromatic rings. The second-order valence-electron chi connectivity index (χ2n) is 4.71. The van der Waals surface area contributed by atoms with Gasteiger partial charge in [0.25, 0.3) is 0 Å². The van der Waals surface area contributed by atoms with Gasteiger partial charge in [-0.3, -0.25) is 0 Å². The average Bonchev–Trinajstić information content (AvgIpc) is 2.39. The summed E-state index contributed by atoms with van der Waals surface area (Å²) in [6.45, 7) is 1.77. The maximum absolute atomic E-state index is 12.2. The van der Waals surface area contributed by atoms with Crippen LogP contribution in [0.15, 0.2) is 30.3 Å². The molecule has 0 bridgehead atoms. The molecule has 19 heavy (non-hydrogen) atoms. The van der Waals surface area contributed by atoms with E-state index in [4.69, 9.17) is 5.26 Å². The summed E-state index contributed by atoms with van der Waals surface area (Å²) in [4.78, 5) is 2.11. The molecule has 6 heteroatoms. The molecule has 0 aromatic heterocycles. The van der Waals surface area contributed by atoms with E-state index in [0.29, 0.717) is 19.6 Å². The van der Waals surface area contributed by atoms with Crippen LogP contribution in [0.25, 0.3) is 0 Å². The van der Waals surface area contributed by atoms with Gasteiger partial charge in [-0.25, -0.2) is 8.42 Å². The highest BCUT2D eigenvalue weighted by molar-refractivity contribution is 7.89. The van der Waals surface area contributed by atoms with Gasteiger partial charge in [0, 0.05) is 19.6 Å². The Hall–Kier alpha value is -1.42. The zero-order chi connectivity index (χ0) is 13.9. The van der Waals surface area contributed by atoms with Crippen molar-refractivity contribution in [3.05, 3.63) is 35.9 Å². The van der Waals surface area contributed by atoms with Crippen molar-refractivity contribution in [2.75, 3.05) is 32.4 Å². The standard InChI is InChI=1S/C13H17N3O2S/c1-15-8-9-16(19(17,18)10-7-14)13(11-15)12-5-3-2-4-6-12/h2-6,13H,8-11H2,1H3. The van der Waals surface area contributed by atoms with Crippen molar-refractivity contribution in [3.8, 4) is 6.07 Å². The zero-order valence-corrected chi connectivity index (χ0v) is 11.7. The van der Waals surface area contributed by atoms with E-state index in [-0.39, 0.29) is 6.04 Å². The molecular weight excluding hydrogens is 262 g/mol. The number of hydrogen-bond acceptors (Lipinski definition) is 4. The predicted octanol–water partition coefficient (Wildman–Crippen LogP) is 0.828. The molecule has 0 amide bonds. The minimum atomic E-state index is -3.51. The third-order valence-electron chi connectivity index (χ3n) is 3.32. The van der Waals surface area contributed by atoms with Gasteiger partial charge in [0.2, 0.25) is 10.0 Å². The number of rotatable bonds is 3. The second kappa shape index (κ2) is 5.70.